The first-order valence-electron chi connectivity index (χ1n) is 6.00. The van der Waals surface area contributed by atoms with E-state index in [2.05, 4.69) is 47.6 Å². The molecule has 0 amide bonds. The highest BCUT2D eigenvalue weighted by Crippen LogP contribution is 2.19. The monoisotopic (exact) mass is 274 g/mol. The van der Waals surface area contributed by atoms with Gasteiger partial charge in [-0.05, 0) is 28.8 Å². The molecule has 0 saturated heterocycles. The van der Waals surface area contributed by atoms with Gasteiger partial charge < -0.3 is 10.6 Å². The SMILES string of the molecule is CNc1nc(NCCc2ccsc2)c2cn[nH]c2n1. The zero-order chi connectivity index (χ0) is 13.1. The molecule has 3 aromatic heterocycles. The van der Waals surface area contributed by atoms with Gasteiger partial charge in [-0.2, -0.15) is 26.4 Å². The van der Waals surface area contributed by atoms with Crippen molar-refractivity contribution >= 4 is 34.1 Å². The maximum absolute atomic E-state index is 4.42. The van der Waals surface area contributed by atoms with Crippen LogP contribution in [0.5, 0.6) is 0 Å². The first-order valence-corrected chi connectivity index (χ1v) is 6.95. The Morgan fingerprint density at radius 2 is 2.32 bits per heavy atom. The van der Waals surface area contributed by atoms with Crippen LogP contribution in [-0.2, 0) is 6.42 Å². The zero-order valence-corrected chi connectivity index (χ0v) is 11.3. The molecule has 0 saturated carbocycles. The maximum atomic E-state index is 4.42. The molecule has 0 radical (unpaired) electrons. The zero-order valence-electron chi connectivity index (χ0n) is 10.5. The van der Waals surface area contributed by atoms with Gasteiger partial charge in [0, 0.05) is 13.6 Å². The van der Waals surface area contributed by atoms with Gasteiger partial charge in [-0.15, -0.1) is 0 Å². The topological polar surface area (TPSA) is 78.5 Å². The van der Waals surface area contributed by atoms with E-state index in [1.807, 2.05) is 0 Å². The van der Waals surface area contributed by atoms with Crippen molar-refractivity contribution in [3.05, 3.63) is 28.6 Å². The minimum atomic E-state index is 0.579. The van der Waals surface area contributed by atoms with Gasteiger partial charge in [0.05, 0.1) is 11.6 Å². The molecule has 0 atom stereocenters. The largest absolute Gasteiger partial charge is 0.369 e. The van der Waals surface area contributed by atoms with Crippen LogP contribution in [0.2, 0.25) is 0 Å². The number of H-pyrrole nitrogens is 1. The molecule has 0 spiro atoms. The second-order valence-electron chi connectivity index (χ2n) is 4.09. The third-order valence-electron chi connectivity index (χ3n) is 2.82. The van der Waals surface area contributed by atoms with Crippen LogP contribution in [0, 0.1) is 0 Å². The van der Waals surface area contributed by atoms with Gasteiger partial charge >= 0.3 is 0 Å². The second-order valence-corrected chi connectivity index (χ2v) is 4.87. The highest BCUT2D eigenvalue weighted by atomic mass is 32.1. The number of hydrogen-bond donors (Lipinski definition) is 3. The summed E-state index contributed by atoms with van der Waals surface area (Å²) in [4.78, 5) is 8.71. The van der Waals surface area contributed by atoms with E-state index in [-0.39, 0.29) is 0 Å². The summed E-state index contributed by atoms with van der Waals surface area (Å²) in [6, 6.07) is 2.14. The van der Waals surface area contributed by atoms with Gasteiger partial charge in [0.15, 0.2) is 5.65 Å². The second kappa shape index (κ2) is 5.23. The van der Waals surface area contributed by atoms with E-state index >= 15 is 0 Å². The van der Waals surface area contributed by atoms with Gasteiger partial charge in [0.2, 0.25) is 5.95 Å². The van der Waals surface area contributed by atoms with Crippen molar-refractivity contribution in [2.45, 2.75) is 6.42 Å². The molecule has 3 N–H and O–H groups in total. The van der Waals surface area contributed by atoms with Gasteiger partial charge in [0.1, 0.15) is 5.82 Å². The van der Waals surface area contributed by atoms with Gasteiger partial charge in [0.25, 0.3) is 0 Å². The third kappa shape index (κ3) is 2.50. The summed E-state index contributed by atoms with van der Waals surface area (Å²) in [6.07, 6.45) is 2.71. The summed E-state index contributed by atoms with van der Waals surface area (Å²) in [5.41, 5.74) is 2.07. The minimum Gasteiger partial charge on any atom is -0.369 e. The van der Waals surface area contributed by atoms with Crippen molar-refractivity contribution < 1.29 is 0 Å². The Hall–Kier alpha value is -2.15. The van der Waals surface area contributed by atoms with Crippen LogP contribution >= 0.6 is 11.3 Å². The smallest absolute Gasteiger partial charge is 0.226 e. The number of rotatable bonds is 5. The normalized spacial score (nSPS) is 10.8. The summed E-state index contributed by atoms with van der Waals surface area (Å²) >= 11 is 1.72. The Morgan fingerprint density at radius 3 is 3.11 bits per heavy atom. The molecule has 0 bridgehead atoms. The standard InChI is InChI=1S/C12H14N6S/c1-13-12-16-10(9-6-15-18-11(9)17-12)14-4-2-8-3-5-19-7-8/h3,5-7H,2,4H2,1H3,(H3,13,14,15,16,17,18). The first kappa shape index (κ1) is 11.9. The number of nitrogens with zero attached hydrogens (tertiary/aromatic N) is 3. The lowest BCUT2D eigenvalue weighted by atomic mass is 10.2. The fraction of sp³-hybridized carbons (Fsp3) is 0.250. The van der Waals surface area contributed by atoms with E-state index in [0.717, 1.165) is 29.8 Å². The van der Waals surface area contributed by atoms with Crippen LogP contribution in [-0.4, -0.2) is 33.8 Å². The quantitative estimate of drug-likeness (QED) is 0.664. The Balaban J connectivity index is 1.77. The molecule has 0 aliphatic carbocycles. The molecule has 0 aliphatic rings. The lowest BCUT2D eigenvalue weighted by Gasteiger charge is -2.07. The minimum absolute atomic E-state index is 0.579. The average Bonchev–Trinajstić information content (AvgIpc) is 3.08. The Labute approximate surface area is 114 Å². The molecule has 3 aromatic rings. The highest BCUT2D eigenvalue weighted by molar-refractivity contribution is 7.07. The number of hydrogen-bond acceptors (Lipinski definition) is 6. The van der Waals surface area contributed by atoms with Gasteiger partial charge in [-0.1, -0.05) is 0 Å². The van der Waals surface area contributed by atoms with Crippen molar-refractivity contribution in [2.24, 2.45) is 0 Å². The van der Waals surface area contributed by atoms with E-state index in [9.17, 15) is 0 Å². The van der Waals surface area contributed by atoms with Gasteiger partial charge in [-0.3, -0.25) is 5.10 Å². The number of fused-ring (bicyclic) bond motifs is 1. The predicted molar refractivity (Wildman–Crippen MR) is 77.7 cm³/mol. The molecule has 3 rings (SSSR count). The van der Waals surface area contributed by atoms with E-state index in [4.69, 9.17) is 0 Å². The Bertz CT molecular complexity index is 660. The number of nitrogens with one attached hydrogen (secondary N) is 3. The lowest BCUT2D eigenvalue weighted by Crippen LogP contribution is -2.08. The van der Waals surface area contributed by atoms with Crippen molar-refractivity contribution in [2.75, 3.05) is 24.2 Å². The van der Waals surface area contributed by atoms with E-state index < -0.39 is 0 Å². The first-order chi connectivity index (χ1) is 9.36. The summed E-state index contributed by atoms with van der Waals surface area (Å²) in [7, 11) is 1.80. The van der Waals surface area contributed by atoms with Crippen LogP contribution in [0.4, 0.5) is 11.8 Å². The van der Waals surface area contributed by atoms with E-state index in [1.165, 1.54) is 5.56 Å². The molecule has 3 heterocycles. The number of anilines is 2. The van der Waals surface area contributed by atoms with Crippen LogP contribution in [0.25, 0.3) is 11.0 Å². The van der Waals surface area contributed by atoms with Gasteiger partial charge in [-0.25, -0.2) is 0 Å². The summed E-state index contributed by atoms with van der Waals surface area (Å²) in [5, 5.41) is 18.3. The average molecular weight is 274 g/mol. The predicted octanol–water partition coefficient (Wildman–Crippen LogP) is 2.11. The van der Waals surface area contributed by atoms with Crippen molar-refractivity contribution in [3.8, 4) is 0 Å². The highest BCUT2D eigenvalue weighted by Gasteiger charge is 2.08. The fourth-order valence-electron chi connectivity index (χ4n) is 1.84. The molecule has 19 heavy (non-hydrogen) atoms. The summed E-state index contributed by atoms with van der Waals surface area (Å²) in [5.74, 6) is 1.38. The van der Waals surface area contributed by atoms with Crippen LogP contribution in [0.15, 0.2) is 23.0 Å². The van der Waals surface area contributed by atoms with Crippen molar-refractivity contribution in [1.29, 1.82) is 0 Å². The maximum Gasteiger partial charge on any atom is 0.226 e. The molecular formula is C12H14N6S. The Kier molecular flexibility index (Phi) is 3.28. The van der Waals surface area contributed by atoms with Crippen LogP contribution in [0.3, 0.4) is 0 Å². The number of aromatic amines is 1. The molecule has 0 aromatic carbocycles. The molecule has 7 heteroatoms. The van der Waals surface area contributed by atoms with E-state index in [0.29, 0.717) is 5.95 Å². The van der Waals surface area contributed by atoms with E-state index in [1.54, 1.807) is 24.6 Å². The Morgan fingerprint density at radius 1 is 1.37 bits per heavy atom. The summed E-state index contributed by atoms with van der Waals surface area (Å²) in [6.45, 7) is 0.831. The molecule has 6 nitrogen and oxygen atoms in total. The molecule has 98 valence electrons. The molecular weight excluding hydrogens is 260 g/mol. The third-order valence-corrected chi connectivity index (χ3v) is 3.55. The molecule has 0 fully saturated rings. The van der Waals surface area contributed by atoms with Crippen molar-refractivity contribution in [3.63, 3.8) is 0 Å². The van der Waals surface area contributed by atoms with Crippen molar-refractivity contribution in [1.82, 2.24) is 20.2 Å². The number of aromatic nitrogens is 4. The lowest BCUT2D eigenvalue weighted by molar-refractivity contribution is 1.01. The fourth-order valence-corrected chi connectivity index (χ4v) is 2.54. The van der Waals surface area contributed by atoms with Crippen LogP contribution < -0.4 is 10.6 Å². The van der Waals surface area contributed by atoms with Crippen LogP contribution in [0.1, 0.15) is 5.56 Å². The molecule has 0 unspecified atom stereocenters. The number of thiophene rings is 1. The summed E-state index contributed by atoms with van der Waals surface area (Å²) < 4.78 is 0. The molecule has 0 aliphatic heterocycles.